The van der Waals surface area contributed by atoms with E-state index in [9.17, 15) is 14.4 Å². The fourth-order valence-corrected chi connectivity index (χ4v) is 7.04. The van der Waals surface area contributed by atoms with Crippen molar-refractivity contribution in [2.75, 3.05) is 13.2 Å². The molecule has 0 aromatic rings. The van der Waals surface area contributed by atoms with Crippen LogP contribution in [0.4, 0.5) is 0 Å². The summed E-state index contributed by atoms with van der Waals surface area (Å²) in [6, 6.07) is 0. The van der Waals surface area contributed by atoms with Gasteiger partial charge in [-0.1, -0.05) is 221 Å². The molecule has 0 fully saturated rings. The number of carbonyl (C=O) groups excluding carboxylic acids is 3. The van der Waals surface area contributed by atoms with Crippen molar-refractivity contribution in [3.05, 3.63) is 0 Å². The summed E-state index contributed by atoms with van der Waals surface area (Å²) < 4.78 is 16.7. The van der Waals surface area contributed by atoms with Crippen LogP contribution >= 0.6 is 0 Å². The van der Waals surface area contributed by atoms with Crippen LogP contribution in [0.25, 0.3) is 0 Å². The molecular formula is C48H92O6. The summed E-state index contributed by atoms with van der Waals surface area (Å²) in [6.45, 7) is 11.3. The highest BCUT2D eigenvalue weighted by molar-refractivity contribution is 5.71. The molecule has 0 N–H and O–H groups in total. The summed E-state index contributed by atoms with van der Waals surface area (Å²) in [4.78, 5) is 37.8. The van der Waals surface area contributed by atoms with E-state index in [0.29, 0.717) is 19.3 Å². The van der Waals surface area contributed by atoms with Crippen LogP contribution in [-0.2, 0) is 28.6 Å². The largest absolute Gasteiger partial charge is 0.462 e. The van der Waals surface area contributed by atoms with E-state index in [1.54, 1.807) is 0 Å². The summed E-state index contributed by atoms with van der Waals surface area (Å²) in [5, 5.41) is 0. The molecular weight excluding hydrogens is 673 g/mol. The van der Waals surface area contributed by atoms with Crippen molar-refractivity contribution in [3.63, 3.8) is 0 Å². The molecule has 0 radical (unpaired) electrons. The number of unbranched alkanes of at least 4 members (excludes halogenated alkanes) is 25. The second-order valence-corrected chi connectivity index (χ2v) is 16.9. The molecule has 0 saturated heterocycles. The average molecular weight is 765 g/mol. The maximum atomic E-state index is 12.7. The van der Waals surface area contributed by atoms with Crippen LogP contribution in [-0.4, -0.2) is 37.2 Å². The second-order valence-electron chi connectivity index (χ2n) is 16.9. The van der Waals surface area contributed by atoms with Crippen LogP contribution in [0.5, 0.6) is 0 Å². The third-order valence-corrected chi connectivity index (χ3v) is 11.4. The van der Waals surface area contributed by atoms with E-state index >= 15 is 0 Å². The lowest BCUT2D eigenvalue weighted by Crippen LogP contribution is -2.30. The van der Waals surface area contributed by atoms with Gasteiger partial charge in [0, 0.05) is 19.3 Å². The van der Waals surface area contributed by atoms with E-state index in [1.807, 2.05) is 0 Å². The zero-order valence-corrected chi connectivity index (χ0v) is 36.8. The topological polar surface area (TPSA) is 78.9 Å². The van der Waals surface area contributed by atoms with Crippen molar-refractivity contribution in [1.29, 1.82) is 0 Å². The van der Waals surface area contributed by atoms with Gasteiger partial charge in [0.1, 0.15) is 13.2 Å². The van der Waals surface area contributed by atoms with Gasteiger partial charge in [-0.05, 0) is 31.1 Å². The first-order valence-electron chi connectivity index (χ1n) is 23.8. The quantitative estimate of drug-likeness (QED) is 0.0350. The molecule has 320 valence electrons. The first kappa shape index (κ1) is 52.4. The molecule has 0 aromatic heterocycles. The number of hydrogen-bond acceptors (Lipinski definition) is 6. The second kappa shape index (κ2) is 41.1. The van der Waals surface area contributed by atoms with Gasteiger partial charge in [-0.15, -0.1) is 0 Å². The fraction of sp³-hybridized carbons (Fsp3) is 0.938. The Labute approximate surface area is 336 Å². The van der Waals surface area contributed by atoms with Crippen molar-refractivity contribution >= 4 is 17.9 Å². The molecule has 0 aromatic carbocycles. The third-order valence-electron chi connectivity index (χ3n) is 11.4. The molecule has 0 bridgehead atoms. The molecule has 0 aliphatic carbocycles. The van der Waals surface area contributed by atoms with Crippen molar-refractivity contribution < 1.29 is 28.6 Å². The Morgan fingerprint density at radius 2 is 0.648 bits per heavy atom. The summed E-state index contributed by atoms with van der Waals surface area (Å²) in [5.74, 6) is 0.822. The molecule has 0 aliphatic heterocycles. The number of hydrogen-bond donors (Lipinski definition) is 0. The molecule has 0 amide bonds. The average Bonchev–Trinajstić information content (AvgIpc) is 3.17. The number of rotatable bonds is 42. The van der Waals surface area contributed by atoms with Crippen LogP contribution in [0.2, 0.25) is 0 Å². The highest BCUT2D eigenvalue weighted by Gasteiger charge is 2.19. The highest BCUT2D eigenvalue weighted by Crippen LogP contribution is 2.18. The van der Waals surface area contributed by atoms with Gasteiger partial charge in [0.15, 0.2) is 6.10 Å². The molecule has 0 heterocycles. The maximum Gasteiger partial charge on any atom is 0.306 e. The minimum atomic E-state index is -0.761. The lowest BCUT2D eigenvalue weighted by Gasteiger charge is -2.18. The summed E-state index contributed by atoms with van der Waals surface area (Å²) in [7, 11) is 0. The Morgan fingerprint density at radius 1 is 0.370 bits per heavy atom. The molecule has 3 atom stereocenters. The lowest BCUT2D eigenvalue weighted by atomic mass is 9.99. The smallest absolute Gasteiger partial charge is 0.306 e. The molecule has 0 aliphatic rings. The predicted octanol–water partition coefficient (Wildman–Crippen LogP) is 15.0. The molecule has 0 rings (SSSR count). The van der Waals surface area contributed by atoms with Crippen molar-refractivity contribution in [3.8, 4) is 0 Å². The predicted molar refractivity (Wildman–Crippen MR) is 229 cm³/mol. The van der Waals surface area contributed by atoms with Gasteiger partial charge in [-0.3, -0.25) is 14.4 Å². The van der Waals surface area contributed by atoms with Crippen LogP contribution in [0.3, 0.4) is 0 Å². The molecule has 54 heavy (non-hydrogen) atoms. The van der Waals surface area contributed by atoms with Gasteiger partial charge in [0.05, 0.1) is 0 Å². The minimum absolute atomic E-state index is 0.0653. The van der Waals surface area contributed by atoms with Gasteiger partial charge in [-0.25, -0.2) is 0 Å². The zero-order valence-electron chi connectivity index (χ0n) is 36.8. The molecule has 0 spiro atoms. The number of carbonyl (C=O) groups is 3. The van der Waals surface area contributed by atoms with Crippen molar-refractivity contribution in [2.45, 2.75) is 265 Å². The Balaban J connectivity index is 4.33. The summed E-state index contributed by atoms with van der Waals surface area (Å²) in [6.07, 6.45) is 39.4. The van der Waals surface area contributed by atoms with Gasteiger partial charge >= 0.3 is 17.9 Å². The first-order chi connectivity index (χ1) is 26.3. The van der Waals surface area contributed by atoms with Crippen LogP contribution in [0.15, 0.2) is 0 Å². The lowest BCUT2D eigenvalue weighted by molar-refractivity contribution is -0.167. The number of ether oxygens (including phenoxy) is 3. The van der Waals surface area contributed by atoms with Gasteiger partial charge in [-0.2, -0.15) is 0 Å². The zero-order chi connectivity index (χ0) is 39.7. The Morgan fingerprint density at radius 3 is 0.963 bits per heavy atom. The van der Waals surface area contributed by atoms with E-state index in [1.165, 1.54) is 148 Å². The molecule has 6 nitrogen and oxygen atoms in total. The monoisotopic (exact) mass is 765 g/mol. The van der Waals surface area contributed by atoms with Gasteiger partial charge in [0.25, 0.3) is 0 Å². The molecule has 2 unspecified atom stereocenters. The van der Waals surface area contributed by atoms with Crippen LogP contribution in [0, 0.1) is 11.8 Å². The molecule has 6 heteroatoms. The summed E-state index contributed by atoms with van der Waals surface area (Å²) in [5.41, 5.74) is 0. The van der Waals surface area contributed by atoms with Crippen molar-refractivity contribution in [1.82, 2.24) is 0 Å². The Hall–Kier alpha value is -1.59. The Kier molecular flexibility index (Phi) is 39.8. The molecule has 0 saturated carbocycles. The van der Waals surface area contributed by atoms with Crippen molar-refractivity contribution in [2.24, 2.45) is 11.8 Å². The van der Waals surface area contributed by atoms with E-state index in [0.717, 1.165) is 69.6 Å². The van der Waals surface area contributed by atoms with E-state index in [4.69, 9.17) is 14.2 Å². The van der Waals surface area contributed by atoms with Gasteiger partial charge in [0.2, 0.25) is 0 Å². The number of esters is 3. The van der Waals surface area contributed by atoms with Gasteiger partial charge < -0.3 is 14.2 Å². The Bertz CT molecular complexity index is 828. The highest BCUT2D eigenvalue weighted by atomic mass is 16.6. The van der Waals surface area contributed by atoms with E-state index < -0.39 is 6.10 Å². The minimum Gasteiger partial charge on any atom is -0.462 e. The summed E-state index contributed by atoms with van der Waals surface area (Å²) >= 11 is 0. The SMILES string of the molecule is CCCCCCCCCCCCCCC(=O)OC[C@@H](COC(=O)CCCCCCCCCCCCC(C)CC)OC(=O)CCCCCCCCC(C)CC. The maximum absolute atomic E-state index is 12.7. The standard InChI is InChI=1S/C48H92O6/c1-6-9-10-11-12-13-14-15-19-22-28-33-38-46(49)52-41-45(54-48(51)40-35-30-25-24-27-32-37-44(5)8-3)42-53-47(50)39-34-29-23-20-17-16-18-21-26-31-36-43(4)7-2/h43-45H,6-42H2,1-5H3/t43?,44?,45-/m0/s1. The van der Waals surface area contributed by atoms with Crippen LogP contribution in [0.1, 0.15) is 259 Å². The van der Waals surface area contributed by atoms with Crippen LogP contribution < -0.4 is 0 Å². The third kappa shape index (κ3) is 38.7. The van der Waals surface area contributed by atoms with E-state index in [-0.39, 0.29) is 31.1 Å². The van der Waals surface area contributed by atoms with E-state index in [2.05, 4.69) is 34.6 Å². The first-order valence-corrected chi connectivity index (χ1v) is 23.8. The fourth-order valence-electron chi connectivity index (χ4n) is 7.04. The normalized spacial score (nSPS) is 13.1.